The van der Waals surface area contributed by atoms with Crippen LogP contribution in [0.15, 0.2) is 95.4 Å². The van der Waals surface area contributed by atoms with Crippen molar-refractivity contribution in [1.82, 2.24) is 15.2 Å². The molecule has 4 N–H and O–H groups in total. The molecule has 0 radical (unpaired) electrons. The number of amides is 2. The van der Waals surface area contributed by atoms with E-state index in [0.29, 0.717) is 30.1 Å². The molecule has 1 atom stereocenters. The van der Waals surface area contributed by atoms with Crippen LogP contribution in [0.5, 0.6) is 0 Å². The highest BCUT2D eigenvalue weighted by Crippen LogP contribution is 2.32. The van der Waals surface area contributed by atoms with Crippen molar-refractivity contribution in [1.29, 1.82) is 5.41 Å². The third-order valence-corrected chi connectivity index (χ3v) is 6.44. The van der Waals surface area contributed by atoms with Gasteiger partial charge in [0.25, 0.3) is 0 Å². The predicted molar refractivity (Wildman–Crippen MR) is 158 cm³/mol. The van der Waals surface area contributed by atoms with Gasteiger partial charge in [-0.1, -0.05) is 91.0 Å². The molecule has 1 aromatic heterocycles. The fourth-order valence-electron chi connectivity index (χ4n) is 4.30. The molecular formula is C32H33N5O5. The maximum Gasteiger partial charge on any atom is 0.416 e. The quantitative estimate of drug-likeness (QED) is 0.118. The Bertz CT molecular complexity index is 1420. The minimum Gasteiger partial charge on any atom is -0.444 e. The number of carbonyl (C=O) groups is 3. The molecule has 10 nitrogen and oxygen atoms in total. The number of ether oxygens (including phenoxy) is 1. The van der Waals surface area contributed by atoms with E-state index in [1.807, 2.05) is 91.0 Å². The zero-order chi connectivity index (χ0) is 29.7. The number of benzene rings is 3. The van der Waals surface area contributed by atoms with Crippen LogP contribution in [0, 0.1) is 5.41 Å². The molecule has 0 spiro atoms. The average Bonchev–Trinajstić information content (AvgIpc) is 3.46. The van der Waals surface area contributed by atoms with E-state index in [-0.39, 0.29) is 38.3 Å². The van der Waals surface area contributed by atoms with Crippen LogP contribution >= 0.6 is 0 Å². The Labute approximate surface area is 244 Å². The second kappa shape index (κ2) is 14.9. The number of rotatable bonds is 13. The van der Waals surface area contributed by atoms with Crippen molar-refractivity contribution in [2.24, 2.45) is 5.73 Å². The van der Waals surface area contributed by atoms with Gasteiger partial charge in [0.05, 0.1) is 6.04 Å². The highest BCUT2D eigenvalue weighted by molar-refractivity contribution is 5.91. The second-order valence-corrected chi connectivity index (χ2v) is 9.55. The van der Waals surface area contributed by atoms with Crippen LogP contribution in [0.25, 0.3) is 22.6 Å². The molecule has 216 valence electrons. The molecule has 0 unspecified atom stereocenters. The molecule has 0 saturated heterocycles. The summed E-state index contributed by atoms with van der Waals surface area (Å²) in [6.07, 6.45) is 0.767. The highest BCUT2D eigenvalue weighted by atomic mass is 16.6. The van der Waals surface area contributed by atoms with Crippen LogP contribution in [0.2, 0.25) is 0 Å². The first-order valence-corrected chi connectivity index (χ1v) is 13.6. The minimum atomic E-state index is -0.768. The molecule has 1 heterocycles. The SMILES string of the molecule is N=C(N)N(CCC[C@@H](C=O)NC(=O)CCc1nc(-c2ccccc2)c(-c2ccccc2)o1)C(=O)OCc1ccccc1. The van der Waals surface area contributed by atoms with E-state index >= 15 is 0 Å². The smallest absolute Gasteiger partial charge is 0.416 e. The highest BCUT2D eigenvalue weighted by Gasteiger charge is 2.21. The van der Waals surface area contributed by atoms with Crippen molar-refractivity contribution in [2.75, 3.05) is 6.54 Å². The van der Waals surface area contributed by atoms with Crippen molar-refractivity contribution < 1.29 is 23.5 Å². The molecule has 0 aliphatic heterocycles. The van der Waals surface area contributed by atoms with Crippen LogP contribution < -0.4 is 11.1 Å². The Morgan fingerprint density at radius 1 is 0.976 bits per heavy atom. The van der Waals surface area contributed by atoms with E-state index in [9.17, 15) is 14.4 Å². The zero-order valence-electron chi connectivity index (χ0n) is 23.1. The number of guanidine groups is 1. The van der Waals surface area contributed by atoms with Crippen molar-refractivity contribution in [3.05, 3.63) is 102 Å². The Morgan fingerprint density at radius 3 is 2.21 bits per heavy atom. The maximum atomic E-state index is 12.7. The van der Waals surface area contributed by atoms with Gasteiger partial charge in [-0.3, -0.25) is 10.2 Å². The molecule has 3 aromatic carbocycles. The van der Waals surface area contributed by atoms with Crippen molar-refractivity contribution in [3.63, 3.8) is 0 Å². The molecule has 42 heavy (non-hydrogen) atoms. The molecule has 10 heteroatoms. The van der Waals surface area contributed by atoms with Crippen LogP contribution in [0.3, 0.4) is 0 Å². The molecule has 0 saturated carbocycles. The number of nitrogens with two attached hydrogens (primary N) is 1. The Morgan fingerprint density at radius 2 is 1.60 bits per heavy atom. The van der Waals surface area contributed by atoms with Crippen LogP contribution in [0.4, 0.5) is 4.79 Å². The van der Waals surface area contributed by atoms with E-state index in [1.165, 1.54) is 0 Å². The standard InChI is InChI=1S/C32H33N5O5/c33-31(34)37(32(40)41-22-23-11-4-1-5-12-23)20-10-17-26(21-38)35-27(39)18-19-28-36-29(24-13-6-2-7-14-24)30(42-28)25-15-8-3-9-16-25/h1-9,11-16,21,26H,10,17-20,22H2,(H3,33,34)(H,35,39)/t26-/m0/s1. The van der Waals surface area contributed by atoms with Gasteiger partial charge in [-0.05, 0) is 18.4 Å². The molecule has 0 fully saturated rings. The Balaban J connectivity index is 1.28. The summed E-state index contributed by atoms with van der Waals surface area (Å²) in [5, 5.41) is 10.4. The lowest BCUT2D eigenvalue weighted by molar-refractivity contribution is -0.124. The number of nitrogens with one attached hydrogen (secondary N) is 2. The number of oxazole rings is 1. The summed E-state index contributed by atoms with van der Waals surface area (Å²) in [5.74, 6) is 0.242. The van der Waals surface area contributed by atoms with Gasteiger partial charge in [0, 0.05) is 30.5 Å². The first-order valence-electron chi connectivity index (χ1n) is 13.6. The topological polar surface area (TPSA) is 152 Å². The molecular weight excluding hydrogens is 534 g/mol. The van der Waals surface area contributed by atoms with Gasteiger partial charge in [0.1, 0.15) is 18.6 Å². The van der Waals surface area contributed by atoms with Gasteiger partial charge < -0.3 is 25.0 Å². The van der Waals surface area contributed by atoms with Crippen molar-refractivity contribution >= 4 is 24.2 Å². The van der Waals surface area contributed by atoms with E-state index in [1.54, 1.807) is 0 Å². The van der Waals surface area contributed by atoms with Gasteiger partial charge in [-0.25, -0.2) is 14.7 Å². The summed E-state index contributed by atoms with van der Waals surface area (Å²) in [4.78, 5) is 42.4. The van der Waals surface area contributed by atoms with Gasteiger partial charge >= 0.3 is 6.09 Å². The lowest BCUT2D eigenvalue weighted by Gasteiger charge is -2.21. The van der Waals surface area contributed by atoms with E-state index in [4.69, 9.17) is 20.3 Å². The first kappa shape index (κ1) is 29.7. The summed E-state index contributed by atoms with van der Waals surface area (Å²) in [6, 6.07) is 27.7. The van der Waals surface area contributed by atoms with Crippen molar-refractivity contribution in [2.45, 2.75) is 38.3 Å². The molecule has 2 amide bonds. The van der Waals surface area contributed by atoms with Crippen LogP contribution in [-0.4, -0.2) is 46.7 Å². The normalized spacial score (nSPS) is 11.3. The lowest BCUT2D eigenvalue weighted by atomic mass is 10.1. The van der Waals surface area contributed by atoms with E-state index in [2.05, 4.69) is 10.3 Å². The fourth-order valence-corrected chi connectivity index (χ4v) is 4.30. The summed E-state index contributed by atoms with van der Waals surface area (Å²) < 4.78 is 11.3. The molecule has 0 aliphatic carbocycles. The van der Waals surface area contributed by atoms with Gasteiger partial charge in [-0.15, -0.1) is 0 Å². The largest absolute Gasteiger partial charge is 0.444 e. The van der Waals surface area contributed by atoms with Crippen LogP contribution in [0.1, 0.15) is 30.7 Å². The van der Waals surface area contributed by atoms with Gasteiger partial charge in [-0.2, -0.15) is 0 Å². The average molecular weight is 568 g/mol. The van der Waals surface area contributed by atoms with Gasteiger partial charge in [0.2, 0.25) is 5.91 Å². The summed E-state index contributed by atoms with van der Waals surface area (Å²) in [7, 11) is 0. The Hall–Kier alpha value is -5.25. The fraction of sp³-hybridized carbons (Fsp3) is 0.219. The maximum absolute atomic E-state index is 12.7. The molecule has 0 bridgehead atoms. The third-order valence-electron chi connectivity index (χ3n) is 6.44. The number of aryl methyl sites for hydroxylation is 1. The summed E-state index contributed by atoms with van der Waals surface area (Å²) in [5.41, 5.74) is 8.85. The number of nitrogens with zero attached hydrogens (tertiary/aromatic N) is 2. The second-order valence-electron chi connectivity index (χ2n) is 9.55. The number of hydrogen-bond acceptors (Lipinski definition) is 7. The summed E-state index contributed by atoms with van der Waals surface area (Å²) in [6.45, 7) is 0.102. The van der Waals surface area contributed by atoms with E-state index < -0.39 is 18.1 Å². The van der Waals surface area contributed by atoms with Crippen LogP contribution in [-0.2, 0) is 27.4 Å². The van der Waals surface area contributed by atoms with E-state index in [0.717, 1.165) is 21.6 Å². The number of hydrogen-bond donors (Lipinski definition) is 3. The Kier molecular flexibility index (Phi) is 10.6. The molecule has 4 aromatic rings. The minimum absolute atomic E-state index is 0.0423. The number of aromatic nitrogens is 1. The van der Waals surface area contributed by atoms with Crippen molar-refractivity contribution in [3.8, 4) is 22.6 Å². The first-order chi connectivity index (χ1) is 20.4. The van der Waals surface area contributed by atoms with Gasteiger partial charge in [0.15, 0.2) is 17.6 Å². The number of carbonyl (C=O) groups excluding carboxylic acids is 3. The lowest BCUT2D eigenvalue weighted by Crippen LogP contribution is -2.43. The number of aldehydes is 1. The summed E-state index contributed by atoms with van der Waals surface area (Å²) >= 11 is 0. The monoisotopic (exact) mass is 567 g/mol. The molecule has 4 rings (SSSR count). The third kappa shape index (κ3) is 8.37. The zero-order valence-corrected chi connectivity index (χ0v) is 23.1. The molecule has 0 aliphatic rings. The predicted octanol–water partition coefficient (Wildman–Crippen LogP) is 4.94.